The van der Waals surface area contributed by atoms with Crippen molar-refractivity contribution in [1.82, 2.24) is 9.97 Å². The van der Waals surface area contributed by atoms with Crippen LogP contribution >= 0.6 is 0 Å². The van der Waals surface area contributed by atoms with Gasteiger partial charge in [-0.05, 0) is 54.9 Å². The van der Waals surface area contributed by atoms with Crippen molar-refractivity contribution < 1.29 is 27.4 Å². The molecule has 0 spiro atoms. The zero-order chi connectivity index (χ0) is 26.1. The highest BCUT2D eigenvalue weighted by Gasteiger charge is 2.28. The van der Waals surface area contributed by atoms with Crippen molar-refractivity contribution in [2.75, 3.05) is 18.5 Å². The van der Waals surface area contributed by atoms with Crippen LogP contribution in [0.1, 0.15) is 48.2 Å². The lowest BCUT2D eigenvalue weighted by Gasteiger charge is -2.32. The molecule has 1 saturated carbocycles. The van der Waals surface area contributed by atoms with Gasteiger partial charge in [-0.2, -0.15) is 0 Å². The minimum absolute atomic E-state index is 0.0396. The molecule has 3 aromatic rings. The summed E-state index contributed by atoms with van der Waals surface area (Å²) in [4.78, 5) is 21.2. The lowest BCUT2D eigenvalue weighted by molar-refractivity contribution is -0.0798. The van der Waals surface area contributed by atoms with Crippen molar-refractivity contribution in [2.45, 2.75) is 44.2 Å². The Morgan fingerprint density at radius 2 is 1.84 bits per heavy atom. The number of carbonyl (C=O) groups excluding carboxylic acids is 1. The van der Waals surface area contributed by atoms with Crippen LogP contribution in [0.15, 0.2) is 42.7 Å². The van der Waals surface area contributed by atoms with Crippen LogP contribution in [0.25, 0.3) is 11.3 Å². The molecule has 194 valence electrons. The number of benzene rings is 1. The standard InChI is InChI=1S/C27H27F3N4O3/c1-14-6-15(8-16(31)7-14)19-4-5-32-11-24(19)34-27(35)23-3-2-20(28)26(33-23)25-21(29)9-17(10-22(25)30)37-18-12-36-13-18/h2-5,9-11,14-16,18H,6-8,12-13,31H2,1H3,(H,34,35)/t14-,15+,16-/m0/s1. The van der Waals surface area contributed by atoms with E-state index in [1.165, 1.54) is 6.20 Å². The van der Waals surface area contributed by atoms with E-state index in [-0.39, 0.29) is 29.5 Å². The molecule has 3 atom stereocenters. The van der Waals surface area contributed by atoms with Gasteiger partial charge in [0.05, 0.1) is 30.7 Å². The van der Waals surface area contributed by atoms with E-state index < -0.39 is 34.6 Å². The molecule has 3 heterocycles. The van der Waals surface area contributed by atoms with Crippen molar-refractivity contribution in [3.8, 4) is 17.0 Å². The molecule has 0 radical (unpaired) electrons. The third-order valence-corrected chi connectivity index (χ3v) is 6.76. The molecule has 1 amide bonds. The van der Waals surface area contributed by atoms with Crippen molar-refractivity contribution in [3.05, 3.63) is 71.4 Å². The second-order valence-corrected chi connectivity index (χ2v) is 9.75. The molecule has 0 unspecified atom stereocenters. The predicted octanol–water partition coefficient (Wildman–Crippen LogP) is 4.82. The number of halogens is 3. The second kappa shape index (κ2) is 10.5. The maximum absolute atomic E-state index is 14.9. The van der Waals surface area contributed by atoms with Crippen LogP contribution in [0.3, 0.4) is 0 Å². The van der Waals surface area contributed by atoms with E-state index in [0.29, 0.717) is 24.8 Å². The van der Waals surface area contributed by atoms with Gasteiger partial charge in [0.2, 0.25) is 0 Å². The molecule has 7 nitrogen and oxygen atoms in total. The molecule has 3 N–H and O–H groups in total. The van der Waals surface area contributed by atoms with Crippen molar-refractivity contribution in [2.24, 2.45) is 11.7 Å². The van der Waals surface area contributed by atoms with Gasteiger partial charge in [-0.25, -0.2) is 18.2 Å². The summed E-state index contributed by atoms with van der Waals surface area (Å²) in [5.41, 5.74) is 6.12. The number of carbonyl (C=O) groups is 1. The average molecular weight is 513 g/mol. The molecule has 2 aromatic heterocycles. The van der Waals surface area contributed by atoms with E-state index in [1.807, 2.05) is 6.07 Å². The van der Waals surface area contributed by atoms with Gasteiger partial charge < -0.3 is 20.5 Å². The molecule has 1 aromatic carbocycles. The molecule has 5 rings (SSSR count). The summed E-state index contributed by atoms with van der Waals surface area (Å²) < 4.78 is 54.8. The number of anilines is 1. The van der Waals surface area contributed by atoms with E-state index >= 15 is 0 Å². The molecular weight excluding hydrogens is 485 g/mol. The summed E-state index contributed by atoms with van der Waals surface area (Å²) >= 11 is 0. The first-order valence-corrected chi connectivity index (χ1v) is 12.2. The quantitative estimate of drug-likeness (QED) is 0.491. The largest absolute Gasteiger partial charge is 0.485 e. The Hall–Kier alpha value is -3.50. The molecular formula is C27H27F3N4O3. The predicted molar refractivity (Wildman–Crippen MR) is 131 cm³/mol. The summed E-state index contributed by atoms with van der Waals surface area (Å²) in [7, 11) is 0. The van der Waals surface area contributed by atoms with Gasteiger partial charge in [-0.1, -0.05) is 6.92 Å². The zero-order valence-electron chi connectivity index (χ0n) is 20.2. The highest BCUT2D eigenvalue weighted by Crippen LogP contribution is 2.38. The molecule has 37 heavy (non-hydrogen) atoms. The Bertz CT molecular complexity index is 1280. The number of rotatable bonds is 6. The Morgan fingerprint density at radius 3 is 2.51 bits per heavy atom. The number of nitrogens with one attached hydrogen (secondary N) is 1. The smallest absolute Gasteiger partial charge is 0.274 e. The topological polar surface area (TPSA) is 99.4 Å². The van der Waals surface area contributed by atoms with Crippen LogP contribution in [0.5, 0.6) is 5.75 Å². The third-order valence-electron chi connectivity index (χ3n) is 6.76. The molecule has 0 bridgehead atoms. The van der Waals surface area contributed by atoms with Crippen LogP contribution in [0.2, 0.25) is 0 Å². The van der Waals surface area contributed by atoms with Crippen LogP contribution in [0.4, 0.5) is 18.9 Å². The van der Waals surface area contributed by atoms with Crippen molar-refractivity contribution >= 4 is 11.6 Å². The van der Waals surface area contributed by atoms with Crippen LogP contribution in [0, 0.1) is 23.4 Å². The van der Waals surface area contributed by atoms with Crippen molar-refractivity contribution in [3.63, 3.8) is 0 Å². The fourth-order valence-corrected chi connectivity index (χ4v) is 5.03. The van der Waals surface area contributed by atoms with Gasteiger partial charge in [-0.3, -0.25) is 9.78 Å². The van der Waals surface area contributed by atoms with Gasteiger partial charge >= 0.3 is 0 Å². The Kier molecular flexibility index (Phi) is 7.12. The first-order chi connectivity index (χ1) is 17.8. The SMILES string of the molecule is C[C@@H]1C[C@H](N)C[C@H](c2ccncc2NC(=O)c2ccc(F)c(-c3c(F)cc(OC4COC4)cc3F)n2)C1. The van der Waals surface area contributed by atoms with E-state index in [4.69, 9.17) is 15.2 Å². The lowest BCUT2D eigenvalue weighted by atomic mass is 9.76. The molecule has 2 fully saturated rings. The maximum Gasteiger partial charge on any atom is 0.274 e. The molecule has 1 aliphatic heterocycles. The normalized spacial score (nSPS) is 21.8. The third kappa shape index (κ3) is 5.45. The Balaban J connectivity index is 1.40. The first kappa shape index (κ1) is 25.2. The van der Waals surface area contributed by atoms with Gasteiger partial charge in [0.25, 0.3) is 5.91 Å². The molecule has 10 heteroatoms. The van der Waals surface area contributed by atoms with Gasteiger partial charge in [0.15, 0.2) is 0 Å². The number of ether oxygens (including phenoxy) is 2. The fraction of sp³-hybridized carbons (Fsp3) is 0.370. The Labute approximate surface area is 212 Å². The number of hydrogen-bond donors (Lipinski definition) is 2. The summed E-state index contributed by atoms with van der Waals surface area (Å²) in [6, 6.07) is 5.95. The van der Waals surface area contributed by atoms with Crippen LogP contribution in [-0.2, 0) is 4.74 Å². The number of hydrogen-bond acceptors (Lipinski definition) is 6. The van der Waals surface area contributed by atoms with Crippen LogP contribution < -0.4 is 15.8 Å². The summed E-state index contributed by atoms with van der Waals surface area (Å²) in [6.45, 7) is 2.79. The van der Waals surface area contributed by atoms with Crippen molar-refractivity contribution in [1.29, 1.82) is 0 Å². The Morgan fingerprint density at radius 1 is 1.08 bits per heavy atom. The monoisotopic (exact) mass is 512 g/mol. The van der Waals surface area contributed by atoms with Gasteiger partial charge in [-0.15, -0.1) is 0 Å². The molecule has 2 aliphatic rings. The van der Waals surface area contributed by atoms with E-state index in [2.05, 4.69) is 22.2 Å². The minimum atomic E-state index is -1.06. The summed E-state index contributed by atoms with van der Waals surface area (Å²) in [5.74, 6) is -3.20. The maximum atomic E-state index is 14.9. The second-order valence-electron chi connectivity index (χ2n) is 9.75. The zero-order valence-corrected chi connectivity index (χ0v) is 20.2. The highest BCUT2D eigenvalue weighted by atomic mass is 19.1. The number of nitrogens with two attached hydrogens (primary N) is 1. The number of pyridine rings is 2. The number of nitrogens with zero attached hydrogens (tertiary/aromatic N) is 2. The van der Waals surface area contributed by atoms with E-state index in [9.17, 15) is 18.0 Å². The number of amides is 1. The minimum Gasteiger partial charge on any atom is -0.485 e. The fourth-order valence-electron chi connectivity index (χ4n) is 5.03. The van der Waals surface area contributed by atoms with Gasteiger partial charge in [0, 0.05) is 24.4 Å². The summed E-state index contributed by atoms with van der Waals surface area (Å²) in [5, 5.41) is 2.78. The van der Waals surface area contributed by atoms with E-state index in [0.717, 1.165) is 49.1 Å². The first-order valence-electron chi connectivity index (χ1n) is 12.2. The average Bonchev–Trinajstić information content (AvgIpc) is 2.82. The van der Waals surface area contributed by atoms with Crippen LogP contribution in [-0.4, -0.2) is 41.2 Å². The highest BCUT2D eigenvalue weighted by molar-refractivity contribution is 6.03. The lowest BCUT2D eigenvalue weighted by Crippen LogP contribution is -2.38. The number of aromatic nitrogens is 2. The molecule has 1 aliphatic carbocycles. The van der Waals surface area contributed by atoms with E-state index in [1.54, 1.807) is 6.20 Å². The molecule has 1 saturated heterocycles. The van der Waals surface area contributed by atoms with Gasteiger partial charge in [0.1, 0.15) is 40.7 Å². The summed E-state index contributed by atoms with van der Waals surface area (Å²) in [6.07, 6.45) is 5.54.